The molecule has 0 aromatic rings. The second-order valence-corrected chi connectivity index (χ2v) is 3.13. The van der Waals surface area contributed by atoms with Gasteiger partial charge in [-0.1, -0.05) is 0 Å². The summed E-state index contributed by atoms with van der Waals surface area (Å²) in [6.07, 6.45) is 0.414. The molecule has 0 aromatic heterocycles. The van der Waals surface area contributed by atoms with Crippen LogP contribution in [-0.4, -0.2) is 34.6 Å². The number of carboxylic acid groups (broad SMARTS) is 1. The van der Waals surface area contributed by atoms with E-state index in [9.17, 15) is 14.4 Å². The number of hydrogen-bond donors (Lipinski definition) is 3. The Kier molecular flexibility index (Phi) is 3.37. The fourth-order valence-electron chi connectivity index (χ4n) is 0.980. The number of carbonyl (C=O) groups is 3. The molecule has 1 aliphatic heterocycles. The van der Waals surface area contributed by atoms with Crippen LogP contribution in [-0.2, 0) is 14.4 Å². The zero-order valence-electron chi connectivity index (χ0n) is 8.11. The minimum absolute atomic E-state index is 0.141. The summed E-state index contributed by atoms with van der Waals surface area (Å²) in [6, 6.07) is -0.974. The van der Waals surface area contributed by atoms with Crippen LogP contribution >= 0.6 is 0 Å². The van der Waals surface area contributed by atoms with Gasteiger partial charge in [0.15, 0.2) is 0 Å². The van der Waals surface area contributed by atoms with E-state index in [0.29, 0.717) is 0 Å². The third-order valence-corrected chi connectivity index (χ3v) is 1.88. The molecule has 0 saturated carbocycles. The number of hydrazone groups is 1. The zero-order chi connectivity index (χ0) is 11.4. The minimum atomic E-state index is -1.12. The highest BCUT2D eigenvalue weighted by atomic mass is 16.4. The van der Waals surface area contributed by atoms with E-state index in [2.05, 4.69) is 15.8 Å². The summed E-state index contributed by atoms with van der Waals surface area (Å²) in [5, 5.41) is 14.3. The fraction of sp³-hybridized carbons (Fsp3) is 0.500. The van der Waals surface area contributed by atoms with E-state index in [-0.39, 0.29) is 24.5 Å². The molecular formula is C8H11N3O4. The van der Waals surface area contributed by atoms with Crippen molar-refractivity contribution in [1.82, 2.24) is 10.7 Å². The highest BCUT2D eigenvalue weighted by Gasteiger charge is 2.21. The smallest absolute Gasteiger partial charge is 0.325 e. The van der Waals surface area contributed by atoms with E-state index < -0.39 is 17.9 Å². The van der Waals surface area contributed by atoms with Gasteiger partial charge >= 0.3 is 5.97 Å². The van der Waals surface area contributed by atoms with Gasteiger partial charge in [-0.05, 0) is 6.92 Å². The molecule has 0 spiro atoms. The SMILES string of the molecule is C[C@@H](NC(=O)C1=NNC(=O)CC1)C(=O)O. The van der Waals surface area contributed by atoms with Crippen molar-refractivity contribution in [3.8, 4) is 0 Å². The van der Waals surface area contributed by atoms with Crippen molar-refractivity contribution >= 4 is 23.5 Å². The highest BCUT2D eigenvalue weighted by Crippen LogP contribution is 1.99. The first-order valence-corrected chi connectivity index (χ1v) is 4.40. The molecule has 82 valence electrons. The van der Waals surface area contributed by atoms with Crippen LogP contribution in [0.3, 0.4) is 0 Å². The Morgan fingerprint density at radius 3 is 2.67 bits per heavy atom. The van der Waals surface area contributed by atoms with Crippen molar-refractivity contribution in [2.24, 2.45) is 5.10 Å². The van der Waals surface area contributed by atoms with Crippen LogP contribution in [0.4, 0.5) is 0 Å². The van der Waals surface area contributed by atoms with Crippen molar-refractivity contribution < 1.29 is 19.5 Å². The molecular weight excluding hydrogens is 202 g/mol. The molecule has 15 heavy (non-hydrogen) atoms. The summed E-state index contributed by atoms with van der Waals surface area (Å²) in [5.74, 6) is -1.94. The standard InChI is InChI=1S/C8H11N3O4/c1-4(8(14)15)9-7(13)5-2-3-6(12)11-10-5/h4H,2-3H2,1H3,(H,9,13)(H,11,12)(H,14,15)/t4-/m1/s1. The van der Waals surface area contributed by atoms with E-state index in [1.54, 1.807) is 0 Å². The molecule has 7 heteroatoms. The fourth-order valence-corrected chi connectivity index (χ4v) is 0.980. The number of amides is 2. The minimum Gasteiger partial charge on any atom is -0.480 e. The van der Waals surface area contributed by atoms with Crippen LogP contribution in [0.25, 0.3) is 0 Å². The molecule has 0 bridgehead atoms. The van der Waals surface area contributed by atoms with Crippen molar-refractivity contribution in [2.45, 2.75) is 25.8 Å². The van der Waals surface area contributed by atoms with Gasteiger partial charge in [0.05, 0.1) is 0 Å². The number of nitrogens with one attached hydrogen (secondary N) is 2. The van der Waals surface area contributed by atoms with Crippen LogP contribution in [0.2, 0.25) is 0 Å². The van der Waals surface area contributed by atoms with E-state index in [1.165, 1.54) is 6.92 Å². The first kappa shape index (κ1) is 11.2. The van der Waals surface area contributed by atoms with E-state index >= 15 is 0 Å². The molecule has 0 radical (unpaired) electrons. The van der Waals surface area contributed by atoms with Gasteiger partial charge in [0.25, 0.3) is 5.91 Å². The molecule has 0 unspecified atom stereocenters. The average molecular weight is 213 g/mol. The summed E-state index contributed by atoms with van der Waals surface area (Å²) in [7, 11) is 0. The first-order valence-electron chi connectivity index (χ1n) is 4.40. The summed E-state index contributed by atoms with van der Waals surface area (Å²) in [6.45, 7) is 1.35. The zero-order valence-corrected chi connectivity index (χ0v) is 8.11. The normalized spacial score (nSPS) is 17.4. The van der Waals surface area contributed by atoms with Gasteiger partial charge < -0.3 is 10.4 Å². The summed E-state index contributed by atoms with van der Waals surface area (Å²) < 4.78 is 0. The molecule has 1 aliphatic rings. The number of aliphatic carboxylic acids is 1. The Balaban J connectivity index is 2.54. The second-order valence-electron chi connectivity index (χ2n) is 3.13. The number of carboxylic acids is 1. The van der Waals surface area contributed by atoms with E-state index in [1.807, 2.05) is 0 Å². The van der Waals surface area contributed by atoms with Gasteiger partial charge in [0.1, 0.15) is 11.8 Å². The Bertz CT molecular complexity index is 337. The second kappa shape index (κ2) is 4.54. The molecule has 3 N–H and O–H groups in total. The van der Waals surface area contributed by atoms with Crippen molar-refractivity contribution in [1.29, 1.82) is 0 Å². The molecule has 0 aliphatic carbocycles. The predicted octanol–water partition coefficient (Wildman–Crippen LogP) is -1.16. The van der Waals surface area contributed by atoms with Crippen LogP contribution < -0.4 is 10.7 Å². The summed E-state index contributed by atoms with van der Waals surface area (Å²) in [5.41, 5.74) is 2.30. The van der Waals surface area contributed by atoms with Gasteiger partial charge in [-0.2, -0.15) is 5.10 Å². The Labute approximate surface area is 85.5 Å². The van der Waals surface area contributed by atoms with Crippen LogP contribution in [0, 0.1) is 0 Å². The van der Waals surface area contributed by atoms with Gasteiger partial charge in [0, 0.05) is 12.8 Å². The Hall–Kier alpha value is -1.92. The molecule has 1 atom stereocenters. The van der Waals surface area contributed by atoms with Crippen molar-refractivity contribution in [2.75, 3.05) is 0 Å². The monoisotopic (exact) mass is 213 g/mol. The quantitative estimate of drug-likeness (QED) is 0.549. The molecule has 0 saturated heterocycles. The van der Waals surface area contributed by atoms with Gasteiger partial charge in [0.2, 0.25) is 5.91 Å². The molecule has 2 amide bonds. The maximum absolute atomic E-state index is 11.4. The van der Waals surface area contributed by atoms with Crippen molar-refractivity contribution in [3.63, 3.8) is 0 Å². The van der Waals surface area contributed by atoms with Gasteiger partial charge in [-0.15, -0.1) is 0 Å². The Morgan fingerprint density at radius 2 is 2.20 bits per heavy atom. The van der Waals surface area contributed by atoms with Gasteiger partial charge in [-0.3, -0.25) is 14.4 Å². The van der Waals surface area contributed by atoms with Crippen LogP contribution in [0.15, 0.2) is 5.10 Å². The number of nitrogens with zero attached hydrogens (tertiary/aromatic N) is 1. The van der Waals surface area contributed by atoms with Crippen LogP contribution in [0.1, 0.15) is 19.8 Å². The molecule has 1 heterocycles. The lowest BCUT2D eigenvalue weighted by molar-refractivity contribution is -0.140. The maximum Gasteiger partial charge on any atom is 0.325 e. The summed E-state index contributed by atoms with van der Waals surface area (Å²) >= 11 is 0. The number of hydrogen-bond acceptors (Lipinski definition) is 4. The van der Waals surface area contributed by atoms with E-state index in [0.717, 1.165) is 0 Å². The summed E-state index contributed by atoms with van der Waals surface area (Å²) in [4.78, 5) is 32.5. The lowest BCUT2D eigenvalue weighted by Crippen LogP contribution is -2.44. The van der Waals surface area contributed by atoms with Crippen LogP contribution in [0.5, 0.6) is 0 Å². The maximum atomic E-state index is 11.4. The third-order valence-electron chi connectivity index (χ3n) is 1.88. The molecule has 0 fully saturated rings. The van der Waals surface area contributed by atoms with Gasteiger partial charge in [-0.25, -0.2) is 5.43 Å². The first-order chi connectivity index (χ1) is 7.00. The topological polar surface area (TPSA) is 108 Å². The van der Waals surface area contributed by atoms with Crippen molar-refractivity contribution in [3.05, 3.63) is 0 Å². The number of carbonyl (C=O) groups excluding carboxylic acids is 2. The lowest BCUT2D eigenvalue weighted by atomic mass is 10.1. The number of rotatable bonds is 3. The predicted molar refractivity (Wildman–Crippen MR) is 50.1 cm³/mol. The van der Waals surface area contributed by atoms with E-state index in [4.69, 9.17) is 5.11 Å². The highest BCUT2D eigenvalue weighted by molar-refractivity contribution is 6.39. The molecule has 0 aromatic carbocycles. The lowest BCUT2D eigenvalue weighted by Gasteiger charge is -2.13. The average Bonchev–Trinajstić information content (AvgIpc) is 2.18. The third kappa shape index (κ3) is 3.04. The molecule has 1 rings (SSSR count). The largest absolute Gasteiger partial charge is 0.480 e. The Morgan fingerprint density at radius 1 is 1.53 bits per heavy atom. The molecule has 7 nitrogen and oxygen atoms in total.